The molecule has 1 aliphatic carbocycles. The smallest absolute Gasteiger partial charge is 0.161 e. The second-order valence-corrected chi connectivity index (χ2v) is 13.2. The van der Waals surface area contributed by atoms with Crippen molar-refractivity contribution in [2.45, 2.75) is 70.5 Å². The Balaban J connectivity index is 1.15. The third-order valence-corrected chi connectivity index (χ3v) is 9.61. The number of phenols is 1. The molecular formula is C42H48O7. The van der Waals surface area contributed by atoms with Crippen LogP contribution in [0, 0.1) is 11.3 Å². The molecule has 4 N–H and O–H groups in total. The summed E-state index contributed by atoms with van der Waals surface area (Å²) in [5.41, 5.74) is 2.57. The van der Waals surface area contributed by atoms with Crippen LogP contribution in [0.4, 0.5) is 0 Å². The second kappa shape index (κ2) is 17.2. The molecule has 0 fully saturated rings. The zero-order valence-corrected chi connectivity index (χ0v) is 28.3. The molecule has 49 heavy (non-hydrogen) atoms. The van der Waals surface area contributed by atoms with Crippen molar-refractivity contribution < 1.29 is 34.7 Å². The number of ether oxygens (including phenoxy) is 2. The molecule has 4 aromatic rings. The quantitative estimate of drug-likeness (QED) is 0.0793. The van der Waals surface area contributed by atoms with Gasteiger partial charge in [-0.3, -0.25) is 4.79 Å². The van der Waals surface area contributed by atoms with Crippen molar-refractivity contribution >= 4 is 16.6 Å². The number of Topliss-reactive ketones (excluding diaryl/α,β-unsaturated/α-hetero) is 1. The molecule has 1 aliphatic rings. The van der Waals surface area contributed by atoms with Gasteiger partial charge < -0.3 is 29.9 Å². The van der Waals surface area contributed by atoms with E-state index >= 15 is 0 Å². The molecule has 3 atom stereocenters. The van der Waals surface area contributed by atoms with Crippen LogP contribution in [0.1, 0.15) is 61.6 Å². The molecule has 0 bridgehead atoms. The summed E-state index contributed by atoms with van der Waals surface area (Å²) in [4.78, 5) is 13.1. The molecule has 4 aromatic carbocycles. The highest BCUT2D eigenvalue weighted by atomic mass is 16.5. The molecule has 0 heterocycles. The highest BCUT2D eigenvalue weighted by Crippen LogP contribution is 2.45. The van der Waals surface area contributed by atoms with Crippen molar-refractivity contribution in [1.29, 1.82) is 0 Å². The SMILES string of the molecule is COc1ccc(CCC(=O)C[C@@H](O)C[C@@]2(CCO)C=C(O)C=C[C@@H]2CCCCc2ccccc2)cc1OCc1ccc2cc(O)ccc2c1. The number of benzene rings is 4. The van der Waals surface area contributed by atoms with E-state index in [4.69, 9.17) is 9.47 Å². The van der Waals surface area contributed by atoms with Crippen LogP contribution in [0.15, 0.2) is 109 Å². The van der Waals surface area contributed by atoms with E-state index in [2.05, 4.69) is 12.1 Å². The average Bonchev–Trinajstić information content (AvgIpc) is 3.09. The van der Waals surface area contributed by atoms with Crippen LogP contribution in [0.5, 0.6) is 17.2 Å². The Morgan fingerprint density at radius 1 is 0.857 bits per heavy atom. The van der Waals surface area contributed by atoms with Gasteiger partial charge >= 0.3 is 0 Å². The Morgan fingerprint density at radius 3 is 2.43 bits per heavy atom. The average molecular weight is 665 g/mol. The number of allylic oxidation sites excluding steroid dienone is 3. The lowest BCUT2D eigenvalue weighted by atomic mass is 9.65. The van der Waals surface area contributed by atoms with Gasteiger partial charge in [0.1, 0.15) is 23.9 Å². The number of aromatic hydroxyl groups is 1. The number of carbonyl (C=O) groups is 1. The number of phenolic OH excluding ortho intramolecular Hbond substituents is 1. The lowest BCUT2D eigenvalue weighted by Crippen LogP contribution is -2.35. The van der Waals surface area contributed by atoms with Gasteiger partial charge in [0, 0.05) is 24.9 Å². The first kappa shape index (κ1) is 35.7. The normalized spacial score (nSPS) is 17.9. The van der Waals surface area contributed by atoms with E-state index in [-0.39, 0.29) is 49.1 Å². The summed E-state index contributed by atoms with van der Waals surface area (Å²) >= 11 is 0. The van der Waals surface area contributed by atoms with Crippen LogP contribution >= 0.6 is 0 Å². The molecule has 258 valence electrons. The Morgan fingerprint density at radius 2 is 1.63 bits per heavy atom. The molecule has 0 aliphatic heterocycles. The summed E-state index contributed by atoms with van der Waals surface area (Å²) in [6.45, 7) is 0.247. The van der Waals surface area contributed by atoms with E-state index in [1.54, 1.807) is 31.4 Å². The van der Waals surface area contributed by atoms with Gasteiger partial charge in [-0.05, 0) is 114 Å². The monoisotopic (exact) mass is 664 g/mol. The summed E-state index contributed by atoms with van der Waals surface area (Å²) in [6.07, 6.45) is 9.86. The predicted molar refractivity (Wildman–Crippen MR) is 193 cm³/mol. The molecular weight excluding hydrogens is 616 g/mol. The molecule has 0 aromatic heterocycles. The van der Waals surface area contributed by atoms with Crippen LogP contribution in [0.2, 0.25) is 0 Å². The van der Waals surface area contributed by atoms with Crippen LogP contribution in [-0.4, -0.2) is 46.0 Å². The van der Waals surface area contributed by atoms with E-state index in [9.17, 15) is 25.2 Å². The van der Waals surface area contributed by atoms with Crippen molar-refractivity contribution in [1.82, 2.24) is 0 Å². The zero-order chi connectivity index (χ0) is 34.6. The molecule has 0 spiro atoms. The number of rotatable bonds is 18. The third kappa shape index (κ3) is 9.97. The van der Waals surface area contributed by atoms with Gasteiger partial charge in [-0.15, -0.1) is 0 Å². The van der Waals surface area contributed by atoms with Gasteiger partial charge in [0.2, 0.25) is 0 Å². The van der Waals surface area contributed by atoms with E-state index in [1.807, 2.05) is 66.7 Å². The first-order valence-electron chi connectivity index (χ1n) is 17.2. The predicted octanol–water partition coefficient (Wildman–Crippen LogP) is 8.19. The van der Waals surface area contributed by atoms with Gasteiger partial charge in [-0.25, -0.2) is 0 Å². The number of ketones is 1. The van der Waals surface area contributed by atoms with Crippen molar-refractivity contribution in [3.05, 3.63) is 126 Å². The number of aliphatic hydroxyl groups excluding tert-OH is 3. The molecule has 0 amide bonds. The van der Waals surface area contributed by atoms with Crippen LogP contribution in [0.25, 0.3) is 10.8 Å². The molecule has 0 saturated heterocycles. The Bertz CT molecular complexity index is 1740. The number of hydrogen-bond donors (Lipinski definition) is 4. The Kier molecular flexibility index (Phi) is 12.5. The summed E-state index contributed by atoms with van der Waals surface area (Å²) in [7, 11) is 1.59. The lowest BCUT2D eigenvalue weighted by molar-refractivity contribution is -0.121. The molecule has 5 rings (SSSR count). The maximum absolute atomic E-state index is 13.1. The number of aryl methyl sites for hydroxylation is 2. The molecule has 7 nitrogen and oxygen atoms in total. The fraction of sp³-hybridized carbons (Fsp3) is 0.357. The van der Waals surface area contributed by atoms with Gasteiger partial charge in [-0.2, -0.15) is 0 Å². The maximum Gasteiger partial charge on any atom is 0.161 e. The van der Waals surface area contributed by atoms with Gasteiger partial charge in [0.25, 0.3) is 0 Å². The van der Waals surface area contributed by atoms with Crippen LogP contribution < -0.4 is 9.47 Å². The van der Waals surface area contributed by atoms with Crippen molar-refractivity contribution in [3.8, 4) is 17.2 Å². The minimum absolute atomic E-state index is 0.00543. The van der Waals surface area contributed by atoms with Crippen molar-refractivity contribution in [3.63, 3.8) is 0 Å². The molecule has 0 unspecified atom stereocenters. The summed E-state index contributed by atoms with van der Waals surface area (Å²) < 4.78 is 11.7. The summed E-state index contributed by atoms with van der Waals surface area (Å²) in [6, 6.07) is 27.2. The number of aliphatic hydroxyl groups is 3. The minimum atomic E-state index is -0.901. The Hall–Kier alpha value is -4.59. The first-order chi connectivity index (χ1) is 23.8. The summed E-state index contributed by atoms with van der Waals surface area (Å²) in [5, 5.41) is 43.3. The molecule has 0 radical (unpaired) electrons. The molecule has 7 heteroatoms. The minimum Gasteiger partial charge on any atom is -0.508 e. The summed E-state index contributed by atoms with van der Waals surface area (Å²) in [5.74, 6) is 1.52. The topological polar surface area (TPSA) is 116 Å². The van der Waals surface area contributed by atoms with Gasteiger partial charge in [-0.1, -0.05) is 67.1 Å². The highest BCUT2D eigenvalue weighted by molar-refractivity contribution is 5.84. The fourth-order valence-electron chi connectivity index (χ4n) is 7.04. The number of carbonyl (C=O) groups excluding carboxylic acids is 1. The number of methoxy groups -OCH3 is 1. The van der Waals surface area contributed by atoms with Gasteiger partial charge in [0.15, 0.2) is 11.5 Å². The van der Waals surface area contributed by atoms with Crippen molar-refractivity contribution in [2.75, 3.05) is 13.7 Å². The number of unbranched alkanes of at least 4 members (excludes halogenated alkanes) is 1. The van der Waals surface area contributed by atoms with E-state index in [1.165, 1.54) is 5.56 Å². The Labute approximate surface area is 289 Å². The van der Waals surface area contributed by atoms with E-state index < -0.39 is 11.5 Å². The standard InChI is InChI=1S/C42H48O7/c1-48-40-20-13-31(24-41(40)49-29-32-11-14-34-25-36(44)18-15-33(34)23-32)12-17-37(45)26-39(47)28-42(21-22-43)27-38(46)19-16-35(42)10-6-5-9-30-7-3-2-4-8-30/h2-4,7-8,11,13-16,18-20,23-25,27,35,39,43-44,46-47H,5-6,9-10,12,17,21-22,26,28-29H2,1H3/t35-,39+,42+/m0/s1. The number of fused-ring (bicyclic) bond motifs is 1. The van der Waals surface area contributed by atoms with E-state index in [0.717, 1.165) is 47.6 Å². The van der Waals surface area contributed by atoms with Crippen molar-refractivity contribution in [2.24, 2.45) is 11.3 Å². The zero-order valence-electron chi connectivity index (χ0n) is 28.3. The lowest BCUT2D eigenvalue weighted by Gasteiger charge is -2.40. The fourth-order valence-corrected chi connectivity index (χ4v) is 7.04. The molecule has 0 saturated carbocycles. The largest absolute Gasteiger partial charge is 0.508 e. The second-order valence-electron chi connectivity index (χ2n) is 13.2. The number of hydrogen-bond acceptors (Lipinski definition) is 7. The van der Waals surface area contributed by atoms with E-state index in [0.29, 0.717) is 30.9 Å². The highest BCUT2D eigenvalue weighted by Gasteiger charge is 2.39. The van der Waals surface area contributed by atoms with Crippen LogP contribution in [0.3, 0.4) is 0 Å². The first-order valence-corrected chi connectivity index (χ1v) is 17.2. The van der Waals surface area contributed by atoms with Crippen LogP contribution in [-0.2, 0) is 24.2 Å². The maximum atomic E-state index is 13.1. The third-order valence-electron chi connectivity index (χ3n) is 9.61. The van der Waals surface area contributed by atoms with Gasteiger partial charge in [0.05, 0.1) is 13.2 Å².